The predicted molar refractivity (Wildman–Crippen MR) is 92.8 cm³/mol. The van der Waals surface area contributed by atoms with E-state index in [9.17, 15) is 27.6 Å². The van der Waals surface area contributed by atoms with Crippen molar-refractivity contribution in [3.05, 3.63) is 62.3 Å². The lowest BCUT2D eigenvalue weighted by Crippen LogP contribution is -2.36. The van der Waals surface area contributed by atoms with Crippen molar-refractivity contribution in [2.75, 3.05) is 25.7 Å². The minimum atomic E-state index is -1.16. The smallest absolute Gasteiger partial charge is 0.257 e. The lowest BCUT2D eigenvalue weighted by Gasteiger charge is -2.21. The number of benzene rings is 1. The Hall–Kier alpha value is -3.30. The van der Waals surface area contributed by atoms with Crippen LogP contribution in [-0.2, 0) is 13.0 Å². The number of hydrogen-bond acceptors (Lipinski definition) is 5. The van der Waals surface area contributed by atoms with Crippen LogP contribution in [0.5, 0.6) is 5.75 Å². The zero-order valence-electron chi connectivity index (χ0n) is 15.0. The second kappa shape index (κ2) is 7.37. The summed E-state index contributed by atoms with van der Waals surface area (Å²) in [7, 11) is 2.86. The van der Waals surface area contributed by atoms with Gasteiger partial charge in [0.25, 0.3) is 5.91 Å². The first kappa shape index (κ1) is 19.5. The number of likely N-dealkylation sites (N-methyl/N-ethyl adjacent to an activating group) is 1. The van der Waals surface area contributed by atoms with E-state index in [-0.39, 0.29) is 22.7 Å². The van der Waals surface area contributed by atoms with Gasteiger partial charge in [-0.1, -0.05) is 0 Å². The van der Waals surface area contributed by atoms with E-state index in [1.807, 2.05) is 0 Å². The van der Waals surface area contributed by atoms with Crippen molar-refractivity contribution < 1.29 is 27.5 Å². The summed E-state index contributed by atoms with van der Waals surface area (Å²) in [5.74, 6) is -4.60. The molecule has 0 spiro atoms. The number of hydrogen-bond donors (Lipinski definition) is 1. The fourth-order valence-corrected chi connectivity index (χ4v) is 3.23. The van der Waals surface area contributed by atoms with Gasteiger partial charge >= 0.3 is 0 Å². The molecule has 7 nitrogen and oxygen atoms in total. The van der Waals surface area contributed by atoms with Crippen LogP contribution in [0.4, 0.5) is 13.2 Å². The highest BCUT2D eigenvalue weighted by molar-refractivity contribution is 5.96. The van der Waals surface area contributed by atoms with Gasteiger partial charge in [0.15, 0.2) is 12.0 Å². The van der Waals surface area contributed by atoms with Crippen LogP contribution in [0.3, 0.4) is 0 Å². The van der Waals surface area contributed by atoms with Gasteiger partial charge < -0.3 is 15.1 Å². The van der Waals surface area contributed by atoms with Gasteiger partial charge in [-0.3, -0.25) is 19.1 Å². The molecule has 0 radical (unpaired) electrons. The van der Waals surface area contributed by atoms with Crippen molar-refractivity contribution in [3.63, 3.8) is 0 Å². The molecule has 1 aliphatic heterocycles. The third-order valence-corrected chi connectivity index (χ3v) is 4.53. The molecule has 3 rings (SSSR count). The van der Waals surface area contributed by atoms with E-state index in [2.05, 4.69) is 5.32 Å². The van der Waals surface area contributed by atoms with Crippen LogP contribution in [0.1, 0.15) is 32.1 Å². The number of pyridine rings is 1. The molecule has 1 aliphatic rings. The van der Waals surface area contributed by atoms with Crippen molar-refractivity contribution >= 4 is 12.2 Å². The molecule has 1 amide bonds. The molecule has 0 aliphatic carbocycles. The molecule has 0 bridgehead atoms. The first-order valence-electron chi connectivity index (χ1n) is 8.24. The van der Waals surface area contributed by atoms with Crippen LogP contribution in [0.2, 0.25) is 0 Å². The highest BCUT2D eigenvalue weighted by atomic mass is 19.1. The monoisotopic (exact) mass is 395 g/mol. The van der Waals surface area contributed by atoms with Gasteiger partial charge in [0.1, 0.15) is 28.7 Å². The minimum absolute atomic E-state index is 0.0327. The first-order chi connectivity index (χ1) is 13.3. The Morgan fingerprint density at radius 3 is 2.50 bits per heavy atom. The lowest BCUT2D eigenvalue weighted by molar-refractivity contribution is 0.0945. The molecule has 0 unspecified atom stereocenters. The average Bonchev–Trinajstić information content (AvgIpc) is 3.00. The molecule has 28 heavy (non-hydrogen) atoms. The Morgan fingerprint density at radius 2 is 1.93 bits per heavy atom. The van der Waals surface area contributed by atoms with Gasteiger partial charge in [0, 0.05) is 44.3 Å². The van der Waals surface area contributed by atoms with E-state index in [1.54, 1.807) is 12.1 Å². The number of carbonyl (C=O) groups excluding carboxylic acids is 2. The molecule has 1 N–H and O–H groups in total. The SMILES string of the molecule is COc1c(C=O)n2c(c(C(=O)NCc3c(F)cc(F)cc3F)c1=O)CCN2C. The molecule has 1 aromatic carbocycles. The molecule has 2 heterocycles. The highest BCUT2D eigenvalue weighted by Crippen LogP contribution is 2.22. The number of amides is 1. The van der Waals surface area contributed by atoms with Gasteiger partial charge in [-0.2, -0.15) is 0 Å². The quantitative estimate of drug-likeness (QED) is 0.768. The third kappa shape index (κ3) is 3.10. The number of aldehydes is 1. The van der Waals surface area contributed by atoms with Crippen molar-refractivity contribution in [1.82, 2.24) is 9.99 Å². The first-order valence-corrected chi connectivity index (χ1v) is 8.24. The van der Waals surface area contributed by atoms with Crippen molar-refractivity contribution in [2.45, 2.75) is 13.0 Å². The Balaban J connectivity index is 2.02. The molecule has 0 atom stereocenters. The van der Waals surface area contributed by atoms with E-state index in [4.69, 9.17) is 4.74 Å². The van der Waals surface area contributed by atoms with Crippen LogP contribution in [0, 0.1) is 17.5 Å². The predicted octanol–water partition coefficient (Wildman–Crippen LogP) is 1.14. The number of rotatable bonds is 5. The number of carbonyl (C=O) groups is 2. The summed E-state index contributed by atoms with van der Waals surface area (Å²) in [5, 5.41) is 3.91. The topological polar surface area (TPSA) is 80.6 Å². The van der Waals surface area contributed by atoms with Crippen LogP contribution in [0.25, 0.3) is 0 Å². The zero-order valence-corrected chi connectivity index (χ0v) is 15.0. The number of fused-ring (bicyclic) bond motifs is 1. The Morgan fingerprint density at radius 1 is 1.29 bits per heavy atom. The summed E-state index contributed by atoms with van der Waals surface area (Å²) in [4.78, 5) is 36.8. The molecule has 0 saturated heterocycles. The number of nitrogens with one attached hydrogen (secondary N) is 1. The van der Waals surface area contributed by atoms with E-state index >= 15 is 0 Å². The largest absolute Gasteiger partial charge is 0.491 e. The standard InChI is InChI=1S/C18H16F3N3O4/c1-23-4-3-13-15(16(26)17(28-2)14(8-25)24(13)23)18(27)22-7-10-11(20)5-9(19)6-12(10)21/h5-6,8H,3-4,7H2,1-2H3,(H,22,27). The van der Waals surface area contributed by atoms with Gasteiger partial charge in [0.2, 0.25) is 5.43 Å². The molecule has 2 aromatic rings. The Kier molecular flexibility index (Phi) is 5.12. The number of halogens is 3. The van der Waals surface area contributed by atoms with E-state index < -0.39 is 40.9 Å². The molecule has 0 fully saturated rings. The highest BCUT2D eigenvalue weighted by Gasteiger charge is 2.31. The molecular formula is C18H16F3N3O4. The second-order valence-corrected chi connectivity index (χ2v) is 6.16. The van der Waals surface area contributed by atoms with Crippen LogP contribution in [-0.4, -0.2) is 37.6 Å². The molecule has 148 valence electrons. The summed E-state index contributed by atoms with van der Waals surface area (Å²) >= 11 is 0. The molecule has 1 aromatic heterocycles. The van der Waals surface area contributed by atoms with Crippen molar-refractivity contribution in [2.24, 2.45) is 0 Å². The number of ether oxygens (including phenoxy) is 1. The molecular weight excluding hydrogens is 379 g/mol. The average molecular weight is 395 g/mol. The zero-order chi connectivity index (χ0) is 20.6. The minimum Gasteiger partial charge on any atom is -0.491 e. The maximum Gasteiger partial charge on any atom is 0.257 e. The van der Waals surface area contributed by atoms with E-state index in [0.29, 0.717) is 31.4 Å². The van der Waals surface area contributed by atoms with E-state index in [0.717, 1.165) is 0 Å². The third-order valence-electron chi connectivity index (χ3n) is 4.53. The van der Waals surface area contributed by atoms with Gasteiger partial charge in [-0.05, 0) is 0 Å². The number of aromatic nitrogens is 1. The number of methoxy groups -OCH3 is 1. The van der Waals surface area contributed by atoms with Crippen molar-refractivity contribution in [3.8, 4) is 5.75 Å². The summed E-state index contributed by atoms with van der Waals surface area (Å²) < 4.78 is 47.0. The summed E-state index contributed by atoms with van der Waals surface area (Å²) in [6.45, 7) is -0.155. The second-order valence-electron chi connectivity index (χ2n) is 6.16. The summed E-state index contributed by atoms with van der Waals surface area (Å²) in [6, 6.07) is 0.988. The Bertz CT molecular complexity index is 1010. The van der Waals surface area contributed by atoms with Crippen LogP contribution >= 0.6 is 0 Å². The fourth-order valence-electron chi connectivity index (χ4n) is 3.23. The maximum absolute atomic E-state index is 13.8. The van der Waals surface area contributed by atoms with Crippen molar-refractivity contribution in [1.29, 1.82) is 0 Å². The van der Waals surface area contributed by atoms with Crippen LogP contribution in [0.15, 0.2) is 16.9 Å². The molecule has 10 heteroatoms. The van der Waals surface area contributed by atoms with Crippen LogP contribution < -0.4 is 20.5 Å². The van der Waals surface area contributed by atoms with Gasteiger partial charge in [-0.25, -0.2) is 13.2 Å². The summed E-state index contributed by atoms with van der Waals surface area (Å²) in [5.41, 5.74) is -1.37. The Labute approximate surface area is 157 Å². The van der Waals surface area contributed by atoms with Gasteiger partial charge in [-0.15, -0.1) is 0 Å². The number of nitrogens with zero attached hydrogens (tertiary/aromatic N) is 2. The van der Waals surface area contributed by atoms with E-state index in [1.165, 1.54) is 11.8 Å². The lowest BCUT2D eigenvalue weighted by atomic mass is 10.1. The normalized spacial score (nSPS) is 12.7. The maximum atomic E-state index is 13.8. The van der Waals surface area contributed by atoms with Gasteiger partial charge in [0.05, 0.1) is 12.8 Å². The fraction of sp³-hybridized carbons (Fsp3) is 0.278. The summed E-state index contributed by atoms with van der Waals surface area (Å²) in [6.07, 6.45) is 0.759. The molecule has 0 saturated carbocycles.